The van der Waals surface area contributed by atoms with Crippen molar-refractivity contribution in [3.05, 3.63) is 33.2 Å². The number of aromatic nitrogens is 2. The van der Waals surface area contributed by atoms with Crippen molar-refractivity contribution in [2.24, 2.45) is 0 Å². The van der Waals surface area contributed by atoms with Gasteiger partial charge in [0.2, 0.25) is 5.82 Å². The third-order valence-electron chi connectivity index (χ3n) is 2.79. The van der Waals surface area contributed by atoms with E-state index in [4.69, 9.17) is 4.52 Å². The number of fused-ring (bicyclic) bond motifs is 1. The molecule has 0 aliphatic heterocycles. The molecule has 2 aromatic rings. The lowest BCUT2D eigenvalue weighted by Gasteiger charge is -2.03. The number of hydrogen-bond donors (Lipinski definition) is 0. The summed E-state index contributed by atoms with van der Waals surface area (Å²) >= 11 is 2.04. The largest absolute Gasteiger partial charge is 0.328 e. The number of benzene rings is 1. The highest BCUT2D eigenvalue weighted by atomic mass is 127. The van der Waals surface area contributed by atoms with E-state index in [1.807, 2.05) is 22.6 Å². The van der Waals surface area contributed by atoms with Crippen molar-refractivity contribution < 1.29 is 4.52 Å². The monoisotopic (exact) mass is 312 g/mol. The van der Waals surface area contributed by atoms with Gasteiger partial charge in [0.1, 0.15) is 0 Å². The zero-order valence-corrected chi connectivity index (χ0v) is 10.2. The minimum atomic E-state index is 0.596. The summed E-state index contributed by atoms with van der Waals surface area (Å²) in [7, 11) is 0. The quantitative estimate of drug-likeness (QED) is 0.760. The number of aryl methyl sites for hydroxylation is 1. The van der Waals surface area contributed by atoms with Gasteiger partial charge >= 0.3 is 0 Å². The number of rotatable bonds is 1. The predicted octanol–water partition coefficient (Wildman–Crippen LogP) is 2.83. The maximum atomic E-state index is 5.00. The molecule has 0 bridgehead atoms. The van der Waals surface area contributed by atoms with E-state index in [1.165, 1.54) is 24.0 Å². The third kappa shape index (κ3) is 1.56. The van der Waals surface area contributed by atoms with Crippen LogP contribution in [0.4, 0.5) is 0 Å². The zero-order chi connectivity index (χ0) is 10.3. The highest BCUT2D eigenvalue weighted by Crippen LogP contribution is 2.30. The van der Waals surface area contributed by atoms with Crippen LogP contribution in [0, 0.1) is 3.90 Å². The molecule has 76 valence electrons. The molecule has 0 fully saturated rings. The molecule has 1 aliphatic carbocycles. The van der Waals surface area contributed by atoms with Crippen LogP contribution >= 0.6 is 22.6 Å². The third-order valence-corrected chi connectivity index (χ3v) is 3.23. The molecule has 3 nitrogen and oxygen atoms in total. The van der Waals surface area contributed by atoms with E-state index >= 15 is 0 Å². The van der Waals surface area contributed by atoms with E-state index in [0.29, 0.717) is 3.90 Å². The van der Waals surface area contributed by atoms with Crippen molar-refractivity contribution in [1.82, 2.24) is 10.1 Å². The topological polar surface area (TPSA) is 38.9 Å². The van der Waals surface area contributed by atoms with Crippen molar-refractivity contribution in [3.63, 3.8) is 0 Å². The minimum Gasteiger partial charge on any atom is -0.328 e. The molecule has 1 aromatic heterocycles. The van der Waals surface area contributed by atoms with Crippen molar-refractivity contribution in [2.75, 3.05) is 0 Å². The van der Waals surface area contributed by atoms with E-state index in [9.17, 15) is 0 Å². The molecule has 0 saturated carbocycles. The van der Waals surface area contributed by atoms with Crippen LogP contribution in [-0.4, -0.2) is 10.1 Å². The molecule has 0 atom stereocenters. The highest BCUT2D eigenvalue weighted by Gasteiger charge is 2.18. The van der Waals surface area contributed by atoms with E-state index < -0.39 is 0 Å². The van der Waals surface area contributed by atoms with Crippen LogP contribution in [0.5, 0.6) is 0 Å². The van der Waals surface area contributed by atoms with Crippen LogP contribution in [0.2, 0.25) is 0 Å². The molecule has 0 unspecified atom stereocenters. The van der Waals surface area contributed by atoms with E-state index in [0.717, 1.165) is 17.8 Å². The molecular formula is C11H9IN2O. The van der Waals surface area contributed by atoms with Crippen molar-refractivity contribution in [3.8, 4) is 11.4 Å². The van der Waals surface area contributed by atoms with Gasteiger partial charge < -0.3 is 4.52 Å². The lowest BCUT2D eigenvalue weighted by atomic mass is 10.0. The van der Waals surface area contributed by atoms with Crippen LogP contribution in [-0.2, 0) is 12.8 Å². The molecule has 4 heteroatoms. The Balaban J connectivity index is 2.16. The number of hydrogen-bond acceptors (Lipinski definition) is 3. The van der Waals surface area contributed by atoms with Crippen LogP contribution in [0.3, 0.4) is 0 Å². The first kappa shape index (κ1) is 9.33. The van der Waals surface area contributed by atoms with E-state index in [1.54, 1.807) is 0 Å². The molecule has 3 rings (SSSR count). The molecule has 1 heterocycles. The number of halogens is 1. The van der Waals surface area contributed by atoms with Gasteiger partial charge in [-0.05, 0) is 30.4 Å². The van der Waals surface area contributed by atoms with Gasteiger partial charge in [-0.25, -0.2) is 0 Å². The van der Waals surface area contributed by atoms with Gasteiger partial charge in [-0.2, -0.15) is 4.98 Å². The summed E-state index contributed by atoms with van der Waals surface area (Å²) < 4.78 is 5.60. The van der Waals surface area contributed by atoms with Gasteiger partial charge in [0, 0.05) is 28.2 Å². The van der Waals surface area contributed by atoms with Gasteiger partial charge in [-0.3, -0.25) is 0 Å². The summed E-state index contributed by atoms with van der Waals surface area (Å²) in [5.74, 6) is 0.721. The number of nitrogens with zero attached hydrogens (tertiary/aromatic N) is 2. The zero-order valence-electron chi connectivity index (χ0n) is 8.03. The predicted molar refractivity (Wildman–Crippen MR) is 64.5 cm³/mol. The Bertz CT molecular complexity index is 507. The average Bonchev–Trinajstić information content (AvgIpc) is 2.84. The maximum Gasteiger partial charge on any atom is 0.287 e. The fraction of sp³-hybridized carbons (Fsp3) is 0.273. The summed E-state index contributed by atoms with van der Waals surface area (Å²) in [6, 6.07) is 6.34. The van der Waals surface area contributed by atoms with Gasteiger partial charge in [0.25, 0.3) is 3.90 Å². The van der Waals surface area contributed by atoms with E-state index in [-0.39, 0.29) is 0 Å². The Morgan fingerprint density at radius 1 is 1.27 bits per heavy atom. The lowest BCUT2D eigenvalue weighted by molar-refractivity contribution is 0.394. The van der Waals surface area contributed by atoms with Gasteiger partial charge in [-0.1, -0.05) is 23.4 Å². The van der Waals surface area contributed by atoms with Gasteiger partial charge in [0.15, 0.2) is 0 Å². The summed E-state index contributed by atoms with van der Waals surface area (Å²) in [5.41, 5.74) is 3.97. The lowest BCUT2D eigenvalue weighted by Crippen LogP contribution is -1.89. The molecule has 1 aliphatic rings. The molecule has 0 N–H and O–H groups in total. The second-order valence-corrected chi connectivity index (χ2v) is 4.59. The smallest absolute Gasteiger partial charge is 0.287 e. The first-order chi connectivity index (χ1) is 7.34. The summed E-state index contributed by atoms with van der Waals surface area (Å²) in [6.07, 6.45) is 3.55. The fourth-order valence-corrected chi connectivity index (χ4v) is 2.47. The molecule has 15 heavy (non-hydrogen) atoms. The van der Waals surface area contributed by atoms with Crippen LogP contribution < -0.4 is 0 Å². The Hall–Kier alpha value is -0.910. The molecule has 0 amide bonds. The Labute approximate surface area is 101 Å². The Kier molecular flexibility index (Phi) is 2.23. The van der Waals surface area contributed by atoms with Gasteiger partial charge in [-0.15, -0.1) is 0 Å². The fourth-order valence-electron chi connectivity index (χ4n) is 2.14. The summed E-state index contributed by atoms with van der Waals surface area (Å²) in [5, 5.41) is 3.97. The Morgan fingerprint density at radius 3 is 3.00 bits per heavy atom. The average molecular weight is 312 g/mol. The van der Waals surface area contributed by atoms with Crippen LogP contribution in [0.25, 0.3) is 11.4 Å². The minimum absolute atomic E-state index is 0.596. The molecule has 1 aromatic carbocycles. The normalized spacial score (nSPS) is 14.2. The summed E-state index contributed by atoms with van der Waals surface area (Å²) in [4.78, 5) is 4.27. The van der Waals surface area contributed by atoms with E-state index in [2.05, 4.69) is 28.3 Å². The molecular weight excluding hydrogens is 303 g/mol. The maximum absolute atomic E-state index is 5.00. The SMILES string of the molecule is Ic1nc(-c2cccc3c2CCC3)no1. The van der Waals surface area contributed by atoms with Crippen molar-refractivity contribution in [2.45, 2.75) is 19.3 Å². The van der Waals surface area contributed by atoms with Crippen LogP contribution in [0.1, 0.15) is 17.5 Å². The Morgan fingerprint density at radius 2 is 2.20 bits per heavy atom. The molecule has 0 saturated heterocycles. The highest BCUT2D eigenvalue weighted by molar-refractivity contribution is 14.1. The second kappa shape index (κ2) is 3.59. The van der Waals surface area contributed by atoms with Crippen LogP contribution in [0.15, 0.2) is 22.7 Å². The molecule has 0 radical (unpaired) electrons. The second-order valence-electron chi connectivity index (χ2n) is 3.67. The molecule has 0 spiro atoms. The first-order valence-electron chi connectivity index (χ1n) is 4.95. The van der Waals surface area contributed by atoms with Gasteiger partial charge in [0.05, 0.1) is 0 Å². The summed E-state index contributed by atoms with van der Waals surface area (Å²) in [6.45, 7) is 0. The standard InChI is InChI=1S/C11H9IN2O/c12-11-13-10(14-15-11)9-6-2-4-7-3-1-5-8(7)9/h2,4,6H,1,3,5H2. The first-order valence-corrected chi connectivity index (χ1v) is 6.03. The van der Waals surface area contributed by atoms with Crippen molar-refractivity contribution in [1.29, 1.82) is 0 Å². The van der Waals surface area contributed by atoms with Crippen molar-refractivity contribution >= 4 is 22.6 Å².